The summed E-state index contributed by atoms with van der Waals surface area (Å²) in [7, 11) is 1.58. The van der Waals surface area contributed by atoms with E-state index in [-0.39, 0.29) is 11.9 Å². The molecular formula is C24H20N6O2. The van der Waals surface area contributed by atoms with Gasteiger partial charge in [0.05, 0.1) is 11.6 Å². The molecule has 1 aliphatic heterocycles. The van der Waals surface area contributed by atoms with Crippen LogP contribution in [0.1, 0.15) is 16.7 Å². The summed E-state index contributed by atoms with van der Waals surface area (Å²) in [6.45, 7) is 0. The van der Waals surface area contributed by atoms with Gasteiger partial charge in [-0.2, -0.15) is 5.26 Å². The maximum absolute atomic E-state index is 13.3. The highest BCUT2D eigenvalue weighted by molar-refractivity contribution is 6.09. The number of nitrogens with two attached hydrogens (primary N) is 1. The summed E-state index contributed by atoms with van der Waals surface area (Å²) < 4.78 is 0. The van der Waals surface area contributed by atoms with Crippen molar-refractivity contribution in [1.29, 1.82) is 5.26 Å². The molecule has 3 amide bonds. The topological polar surface area (TPSA) is 124 Å². The molecule has 0 radical (unpaired) electrons. The number of urea groups is 1. The van der Waals surface area contributed by atoms with Gasteiger partial charge in [-0.05, 0) is 41.5 Å². The fourth-order valence-corrected chi connectivity index (χ4v) is 3.65. The summed E-state index contributed by atoms with van der Waals surface area (Å²) in [4.78, 5) is 31.6. The Kier molecular flexibility index (Phi) is 5.31. The van der Waals surface area contributed by atoms with Crippen LogP contribution < -0.4 is 16.4 Å². The highest BCUT2D eigenvalue weighted by Gasteiger charge is 2.49. The first-order valence-corrected chi connectivity index (χ1v) is 9.82. The van der Waals surface area contributed by atoms with E-state index in [0.29, 0.717) is 28.1 Å². The quantitative estimate of drug-likeness (QED) is 0.595. The standard InChI is InChI=1S/C24H20N6O2/c1-30-21(31)24(29-22(30)26,17-8-3-2-4-9-17)18-10-6-12-20(14-18)28-23(32)27-19-11-5-7-16(13-19)15-25/h2-14H,1H3,(H2,26,29)(H2,27,28,32). The number of nitriles is 1. The van der Waals surface area contributed by atoms with E-state index >= 15 is 0 Å². The van der Waals surface area contributed by atoms with Gasteiger partial charge in [0.15, 0.2) is 11.5 Å². The summed E-state index contributed by atoms with van der Waals surface area (Å²) in [6, 6.07) is 24.2. The molecule has 32 heavy (non-hydrogen) atoms. The largest absolute Gasteiger partial charge is 0.369 e. The first-order chi connectivity index (χ1) is 15.4. The molecule has 1 heterocycles. The normalized spacial score (nSPS) is 17.4. The number of guanidine groups is 1. The Balaban J connectivity index is 1.66. The van der Waals surface area contributed by atoms with E-state index in [0.717, 1.165) is 0 Å². The monoisotopic (exact) mass is 424 g/mol. The van der Waals surface area contributed by atoms with E-state index in [1.807, 2.05) is 36.4 Å². The number of nitrogens with one attached hydrogen (secondary N) is 2. The van der Waals surface area contributed by atoms with Gasteiger partial charge in [0.25, 0.3) is 5.91 Å². The Labute approximate surface area is 185 Å². The Morgan fingerprint density at radius 1 is 0.969 bits per heavy atom. The van der Waals surface area contributed by atoms with E-state index in [1.165, 1.54) is 4.90 Å². The van der Waals surface area contributed by atoms with Gasteiger partial charge in [0.1, 0.15) is 0 Å². The number of anilines is 2. The zero-order valence-corrected chi connectivity index (χ0v) is 17.2. The Morgan fingerprint density at radius 3 is 2.22 bits per heavy atom. The van der Waals surface area contributed by atoms with Crippen LogP contribution in [-0.2, 0) is 10.3 Å². The number of carbonyl (C=O) groups excluding carboxylic acids is 2. The van der Waals surface area contributed by atoms with Crippen LogP contribution >= 0.6 is 0 Å². The lowest BCUT2D eigenvalue weighted by atomic mass is 9.82. The van der Waals surface area contributed by atoms with Crippen LogP contribution in [0.5, 0.6) is 0 Å². The minimum Gasteiger partial charge on any atom is -0.369 e. The number of amides is 3. The number of carbonyl (C=O) groups is 2. The summed E-state index contributed by atoms with van der Waals surface area (Å²) in [5.74, 6) is -0.163. The number of rotatable bonds is 4. The zero-order valence-electron chi connectivity index (χ0n) is 17.2. The number of likely N-dealkylation sites (N-methyl/N-ethyl adjacent to an activating group) is 1. The second kappa shape index (κ2) is 8.24. The summed E-state index contributed by atoms with van der Waals surface area (Å²) in [6.07, 6.45) is 0. The van der Waals surface area contributed by atoms with Crippen LogP contribution in [0.4, 0.5) is 16.2 Å². The van der Waals surface area contributed by atoms with Crippen molar-refractivity contribution in [1.82, 2.24) is 4.90 Å². The molecule has 158 valence electrons. The number of benzene rings is 3. The van der Waals surface area contributed by atoms with E-state index in [9.17, 15) is 9.59 Å². The second-order valence-corrected chi connectivity index (χ2v) is 7.26. The van der Waals surface area contributed by atoms with Crippen molar-refractivity contribution in [3.05, 3.63) is 95.6 Å². The Bertz CT molecular complexity index is 1260. The molecule has 4 rings (SSSR count). The van der Waals surface area contributed by atoms with Crippen LogP contribution in [-0.4, -0.2) is 29.8 Å². The van der Waals surface area contributed by atoms with Gasteiger partial charge in [-0.15, -0.1) is 0 Å². The third-order valence-corrected chi connectivity index (χ3v) is 5.22. The van der Waals surface area contributed by atoms with E-state index in [2.05, 4.69) is 15.6 Å². The van der Waals surface area contributed by atoms with Crippen molar-refractivity contribution < 1.29 is 9.59 Å². The maximum Gasteiger partial charge on any atom is 0.323 e. The smallest absolute Gasteiger partial charge is 0.323 e. The highest BCUT2D eigenvalue weighted by Crippen LogP contribution is 2.39. The average Bonchev–Trinajstić information content (AvgIpc) is 3.04. The summed E-state index contributed by atoms with van der Waals surface area (Å²) in [5, 5.41) is 14.5. The van der Waals surface area contributed by atoms with E-state index < -0.39 is 11.6 Å². The van der Waals surface area contributed by atoms with Crippen LogP contribution in [0.3, 0.4) is 0 Å². The maximum atomic E-state index is 13.3. The van der Waals surface area contributed by atoms with Gasteiger partial charge >= 0.3 is 6.03 Å². The SMILES string of the molecule is CN1C(=O)C(c2ccccc2)(c2cccc(NC(=O)Nc3cccc(C#N)c3)c2)N=C1N. The molecule has 4 N–H and O–H groups in total. The fourth-order valence-electron chi connectivity index (χ4n) is 3.65. The Morgan fingerprint density at radius 2 is 1.59 bits per heavy atom. The molecule has 3 aromatic rings. The molecule has 0 aromatic heterocycles. The second-order valence-electron chi connectivity index (χ2n) is 7.26. The molecule has 1 atom stereocenters. The van der Waals surface area contributed by atoms with Crippen LogP contribution in [0, 0.1) is 11.3 Å². The molecule has 0 fully saturated rings. The van der Waals surface area contributed by atoms with Crippen molar-refractivity contribution in [2.24, 2.45) is 10.7 Å². The number of hydrogen-bond acceptors (Lipinski definition) is 5. The predicted octanol–water partition coefficient (Wildman–Crippen LogP) is 3.23. The van der Waals surface area contributed by atoms with Crippen LogP contribution in [0.15, 0.2) is 83.9 Å². The first kappa shape index (κ1) is 20.6. The molecule has 0 saturated heterocycles. The minimum atomic E-state index is -1.34. The molecule has 1 aliphatic rings. The molecule has 8 nitrogen and oxygen atoms in total. The molecule has 0 aliphatic carbocycles. The lowest BCUT2D eigenvalue weighted by Crippen LogP contribution is -2.41. The third-order valence-electron chi connectivity index (χ3n) is 5.22. The first-order valence-electron chi connectivity index (χ1n) is 9.82. The molecule has 3 aromatic carbocycles. The number of nitrogens with zero attached hydrogens (tertiary/aromatic N) is 3. The van der Waals surface area contributed by atoms with Gasteiger partial charge in [-0.3, -0.25) is 9.69 Å². The molecular weight excluding hydrogens is 404 g/mol. The zero-order chi connectivity index (χ0) is 22.7. The summed E-state index contributed by atoms with van der Waals surface area (Å²) in [5.41, 5.74) is 7.31. The Hall–Kier alpha value is -4.64. The van der Waals surface area contributed by atoms with Gasteiger partial charge in [0, 0.05) is 18.4 Å². The molecule has 0 spiro atoms. The lowest BCUT2D eigenvalue weighted by Gasteiger charge is -2.26. The van der Waals surface area contributed by atoms with Crippen LogP contribution in [0.2, 0.25) is 0 Å². The van der Waals surface area contributed by atoms with Crippen molar-refractivity contribution >= 4 is 29.3 Å². The van der Waals surface area contributed by atoms with Crippen molar-refractivity contribution in [2.75, 3.05) is 17.7 Å². The van der Waals surface area contributed by atoms with Crippen molar-refractivity contribution in [3.63, 3.8) is 0 Å². The van der Waals surface area contributed by atoms with Gasteiger partial charge < -0.3 is 16.4 Å². The van der Waals surface area contributed by atoms with E-state index in [1.54, 1.807) is 55.6 Å². The van der Waals surface area contributed by atoms with Gasteiger partial charge in [-0.25, -0.2) is 9.79 Å². The molecule has 0 bridgehead atoms. The highest BCUT2D eigenvalue weighted by atomic mass is 16.2. The third kappa shape index (κ3) is 3.63. The van der Waals surface area contributed by atoms with Gasteiger partial charge in [0.2, 0.25) is 0 Å². The molecule has 0 saturated carbocycles. The lowest BCUT2D eigenvalue weighted by molar-refractivity contribution is -0.129. The van der Waals surface area contributed by atoms with Crippen molar-refractivity contribution in [2.45, 2.75) is 5.54 Å². The number of hydrogen-bond donors (Lipinski definition) is 3. The predicted molar refractivity (Wildman–Crippen MR) is 122 cm³/mol. The minimum absolute atomic E-state index is 0.118. The van der Waals surface area contributed by atoms with E-state index in [4.69, 9.17) is 11.0 Å². The summed E-state index contributed by atoms with van der Waals surface area (Å²) >= 11 is 0. The molecule has 1 unspecified atom stereocenters. The fraction of sp³-hybridized carbons (Fsp3) is 0.0833. The van der Waals surface area contributed by atoms with Crippen molar-refractivity contribution in [3.8, 4) is 6.07 Å². The van der Waals surface area contributed by atoms with Gasteiger partial charge in [-0.1, -0.05) is 48.5 Å². The average molecular weight is 424 g/mol. The molecule has 8 heteroatoms. The van der Waals surface area contributed by atoms with Crippen LogP contribution in [0.25, 0.3) is 0 Å². The number of aliphatic imine (C=N–C) groups is 1.